The van der Waals surface area contributed by atoms with Gasteiger partial charge in [0.05, 0.1) is 29.3 Å². The van der Waals surface area contributed by atoms with E-state index in [1.54, 1.807) is 18.5 Å². The standard InChI is InChI=1S/C20H17N5O/c26-19(22-16-7-4-10-21-13-16)12-14-8-9-17-18(11-14)25-20(24-17)23-15-5-2-1-3-6-15/h1-11,13H,12H2,(H,22,26)(H2,23,24,25). The summed E-state index contributed by atoms with van der Waals surface area (Å²) in [5.41, 5.74) is 4.29. The number of nitrogens with one attached hydrogen (secondary N) is 3. The third-order valence-electron chi connectivity index (χ3n) is 3.89. The summed E-state index contributed by atoms with van der Waals surface area (Å²) in [6.45, 7) is 0. The Hall–Kier alpha value is -3.67. The molecule has 26 heavy (non-hydrogen) atoms. The molecule has 1 amide bonds. The topological polar surface area (TPSA) is 82.7 Å². The zero-order chi connectivity index (χ0) is 17.8. The number of fused-ring (bicyclic) bond motifs is 1. The van der Waals surface area contributed by atoms with Crippen molar-refractivity contribution in [3.63, 3.8) is 0 Å². The van der Waals surface area contributed by atoms with Crippen molar-refractivity contribution in [2.75, 3.05) is 10.6 Å². The van der Waals surface area contributed by atoms with Gasteiger partial charge in [0, 0.05) is 11.9 Å². The van der Waals surface area contributed by atoms with Crippen molar-refractivity contribution in [3.05, 3.63) is 78.6 Å². The Labute approximate surface area is 150 Å². The summed E-state index contributed by atoms with van der Waals surface area (Å²) >= 11 is 0. The lowest BCUT2D eigenvalue weighted by atomic mass is 10.1. The SMILES string of the molecule is O=C(Cc1ccc2nc(Nc3ccccc3)[nH]c2c1)Nc1cccnc1. The van der Waals surface area contributed by atoms with Crippen molar-refractivity contribution in [1.82, 2.24) is 15.0 Å². The Kier molecular flexibility index (Phi) is 4.30. The zero-order valence-electron chi connectivity index (χ0n) is 13.9. The summed E-state index contributed by atoms with van der Waals surface area (Å²) in [5.74, 6) is 0.586. The fourth-order valence-electron chi connectivity index (χ4n) is 2.71. The molecule has 0 aliphatic heterocycles. The van der Waals surface area contributed by atoms with Crippen LogP contribution in [0.25, 0.3) is 11.0 Å². The van der Waals surface area contributed by atoms with Gasteiger partial charge in [-0.15, -0.1) is 0 Å². The third kappa shape index (κ3) is 3.70. The van der Waals surface area contributed by atoms with Gasteiger partial charge in [-0.1, -0.05) is 24.3 Å². The summed E-state index contributed by atoms with van der Waals surface area (Å²) in [7, 11) is 0. The maximum absolute atomic E-state index is 12.2. The molecule has 0 radical (unpaired) electrons. The number of aromatic amines is 1. The second kappa shape index (κ2) is 7.06. The molecule has 2 aromatic carbocycles. The van der Waals surface area contributed by atoms with Crippen LogP contribution >= 0.6 is 0 Å². The molecule has 0 spiro atoms. The van der Waals surface area contributed by atoms with E-state index in [0.717, 1.165) is 22.3 Å². The largest absolute Gasteiger partial charge is 0.326 e. The molecule has 128 valence electrons. The van der Waals surface area contributed by atoms with Gasteiger partial charge in [0.25, 0.3) is 0 Å². The minimum atomic E-state index is -0.0838. The number of pyridine rings is 1. The Morgan fingerprint density at radius 2 is 1.85 bits per heavy atom. The number of carbonyl (C=O) groups is 1. The van der Waals surface area contributed by atoms with E-state index in [2.05, 4.69) is 25.6 Å². The maximum atomic E-state index is 12.2. The molecule has 6 heteroatoms. The molecule has 4 rings (SSSR count). The summed E-state index contributed by atoms with van der Waals surface area (Å²) in [4.78, 5) is 23.9. The van der Waals surface area contributed by atoms with Crippen LogP contribution < -0.4 is 10.6 Å². The van der Waals surface area contributed by atoms with Crippen molar-refractivity contribution in [1.29, 1.82) is 0 Å². The molecule has 0 atom stereocenters. The molecule has 0 saturated heterocycles. The predicted molar refractivity (Wildman–Crippen MR) is 102 cm³/mol. The van der Waals surface area contributed by atoms with E-state index in [4.69, 9.17) is 0 Å². The molecule has 0 bridgehead atoms. The molecule has 3 N–H and O–H groups in total. The number of H-pyrrole nitrogens is 1. The second-order valence-corrected chi connectivity index (χ2v) is 5.89. The van der Waals surface area contributed by atoms with Gasteiger partial charge in [-0.05, 0) is 42.0 Å². The first-order valence-corrected chi connectivity index (χ1v) is 8.27. The van der Waals surface area contributed by atoms with Gasteiger partial charge < -0.3 is 15.6 Å². The molecule has 6 nitrogen and oxygen atoms in total. The first-order valence-electron chi connectivity index (χ1n) is 8.27. The van der Waals surface area contributed by atoms with Crippen LogP contribution in [0.5, 0.6) is 0 Å². The highest BCUT2D eigenvalue weighted by Gasteiger charge is 2.08. The van der Waals surface area contributed by atoms with Crippen LogP contribution in [0.3, 0.4) is 0 Å². The molecule has 0 aliphatic carbocycles. The van der Waals surface area contributed by atoms with Crippen molar-refractivity contribution in [2.45, 2.75) is 6.42 Å². The van der Waals surface area contributed by atoms with Crippen LogP contribution in [0.1, 0.15) is 5.56 Å². The van der Waals surface area contributed by atoms with Crippen molar-refractivity contribution >= 4 is 34.3 Å². The quantitative estimate of drug-likeness (QED) is 0.513. The lowest BCUT2D eigenvalue weighted by Crippen LogP contribution is -2.14. The number of aromatic nitrogens is 3. The van der Waals surface area contributed by atoms with Crippen LogP contribution in [-0.2, 0) is 11.2 Å². The number of benzene rings is 2. The van der Waals surface area contributed by atoms with Crippen LogP contribution in [-0.4, -0.2) is 20.9 Å². The van der Waals surface area contributed by atoms with Crippen LogP contribution in [0.15, 0.2) is 73.1 Å². The van der Waals surface area contributed by atoms with E-state index in [9.17, 15) is 4.79 Å². The highest BCUT2D eigenvalue weighted by molar-refractivity contribution is 5.92. The summed E-state index contributed by atoms with van der Waals surface area (Å²) < 4.78 is 0. The molecule has 0 unspecified atom stereocenters. The Morgan fingerprint density at radius 3 is 2.65 bits per heavy atom. The average Bonchev–Trinajstić information content (AvgIpc) is 3.05. The van der Waals surface area contributed by atoms with E-state index in [-0.39, 0.29) is 12.3 Å². The predicted octanol–water partition coefficient (Wildman–Crippen LogP) is 3.88. The highest BCUT2D eigenvalue weighted by atomic mass is 16.1. The number of carbonyl (C=O) groups excluding carboxylic acids is 1. The van der Waals surface area contributed by atoms with E-state index >= 15 is 0 Å². The minimum Gasteiger partial charge on any atom is -0.326 e. The monoisotopic (exact) mass is 343 g/mol. The van der Waals surface area contributed by atoms with Gasteiger partial charge in [-0.2, -0.15) is 0 Å². The number of nitrogens with zero attached hydrogens (tertiary/aromatic N) is 2. The molecule has 0 aliphatic rings. The normalized spacial score (nSPS) is 10.6. The smallest absolute Gasteiger partial charge is 0.228 e. The number of hydrogen-bond acceptors (Lipinski definition) is 4. The van der Waals surface area contributed by atoms with Gasteiger partial charge in [-0.25, -0.2) is 4.98 Å². The number of rotatable bonds is 5. The second-order valence-electron chi connectivity index (χ2n) is 5.89. The first-order chi connectivity index (χ1) is 12.8. The summed E-state index contributed by atoms with van der Waals surface area (Å²) in [5, 5.41) is 6.07. The highest BCUT2D eigenvalue weighted by Crippen LogP contribution is 2.19. The molecule has 2 aromatic heterocycles. The maximum Gasteiger partial charge on any atom is 0.228 e. The number of hydrogen-bond donors (Lipinski definition) is 3. The van der Waals surface area contributed by atoms with Crippen LogP contribution in [0.2, 0.25) is 0 Å². The zero-order valence-corrected chi connectivity index (χ0v) is 13.9. The van der Waals surface area contributed by atoms with Crippen LogP contribution in [0, 0.1) is 0 Å². The number of anilines is 3. The van der Waals surface area contributed by atoms with Gasteiger partial charge >= 0.3 is 0 Å². The van der Waals surface area contributed by atoms with Gasteiger partial charge in [0.1, 0.15) is 0 Å². The number of amides is 1. The Balaban J connectivity index is 1.48. The number of para-hydroxylation sites is 1. The van der Waals surface area contributed by atoms with Crippen molar-refractivity contribution in [3.8, 4) is 0 Å². The third-order valence-corrected chi connectivity index (χ3v) is 3.89. The fraction of sp³-hybridized carbons (Fsp3) is 0.0500. The molecule has 0 saturated carbocycles. The summed E-state index contributed by atoms with van der Waals surface area (Å²) in [6, 6.07) is 19.2. The Bertz CT molecular complexity index is 1030. The van der Waals surface area contributed by atoms with Gasteiger partial charge in [0.2, 0.25) is 11.9 Å². The van der Waals surface area contributed by atoms with Gasteiger partial charge in [0.15, 0.2) is 0 Å². The van der Waals surface area contributed by atoms with E-state index < -0.39 is 0 Å². The van der Waals surface area contributed by atoms with E-state index in [0.29, 0.717) is 11.6 Å². The average molecular weight is 343 g/mol. The minimum absolute atomic E-state index is 0.0838. The summed E-state index contributed by atoms with van der Waals surface area (Å²) in [6.07, 6.45) is 3.58. The number of imidazole rings is 1. The van der Waals surface area contributed by atoms with Crippen molar-refractivity contribution in [2.24, 2.45) is 0 Å². The molecular weight excluding hydrogens is 326 g/mol. The lowest BCUT2D eigenvalue weighted by Gasteiger charge is -2.04. The first kappa shape index (κ1) is 15.8. The molecule has 0 fully saturated rings. The van der Waals surface area contributed by atoms with Gasteiger partial charge in [-0.3, -0.25) is 9.78 Å². The van der Waals surface area contributed by atoms with E-state index in [1.807, 2.05) is 54.6 Å². The van der Waals surface area contributed by atoms with Crippen LogP contribution in [0.4, 0.5) is 17.3 Å². The molecular formula is C20H17N5O. The van der Waals surface area contributed by atoms with Crippen molar-refractivity contribution < 1.29 is 4.79 Å². The molecule has 4 aromatic rings. The fourth-order valence-corrected chi connectivity index (χ4v) is 2.71. The lowest BCUT2D eigenvalue weighted by molar-refractivity contribution is -0.115. The Morgan fingerprint density at radius 1 is 1.00 bits per heavy atom. The van der Waals surface area contributed by atoms with E-state index in [1.165, 1.54) is 0 Å². The molecule has 2 heterocycles.